The molecule has 1 saturated heterocycles. The first-order valence-corrected chi connectivity index (χ1v) is 12.9. The Balaban J connectivity index is 1.29. The van der Waals surface area contributed by atoms with E-state index < -0.39 is 0 Å². The van der Waals surface area contributed by atoms with E-state index in [4.69, 9.17) is 21.6 Å². The van der Waals surface area contributed by atoms with Gasteiger partial charge in [0, 0.05) is 40.9 Å². The standard InChI is InChI=1S/C29H26ClN5/c30-28-27-26(21-9-8-20-10-11-24(32-25(20)18-21)19-6-2-1-3-7-19)33-29(35(27)15-12-31-28)22-16-23(17-22)34-13-4-5-14-34/h1-3,6-12,15,18,22-23H,4-5,13-14,16-17H2/t22-,23+. The van der Waals surface area contributed by atoms with Crippen molar-refractivity contribution in [3.63, 3.8) is 0 Å². The minimum absolute atomic E-state index is 0.448. The molecule has 35 heavy (non-hydrogen) atoms. The number of fused-ring (bicyclic) bond motifs is 2. The average Bonchev–Trinajstić information content (AvgIpc) is 3.53. The van der Waals surface area contributed by atoms with Gasteiger partial charge in [-0.3, -0.25) is 4.40 Å². The lowest BCUT2D eigenvalue weighted by Gasteiger charge is -2.40. The van der Waals surface area contributed by atoms with Crippen LogP contribution in [0, 0.1) is 0 Å². The van der Waals surface area contributed by atoms with Gasteiger partial charge in [-0.05, 0) is 50.9 Å². The first-order chi connectivity index (χ1) is 17.2. The van der Waals surface area contributed by atoms with Crippen LogP contribution >= 0.6 is 11.6 Å². The maximum Gasteiger partial charge on any atom is 0.155 e. The molecule has 0 bridgehead atoms. The van der Waals surface area contributed by atoms with E-state index in [9.17, 15) is 0 Å². The molecule has 6 heteroatoms. The SMILES string of the molecule is Clc1nccn2c1c(-c1ccc3ccc(-c4ccccc4)nc3c1)nc2[C@H]1C[C@@H](N2CCCC2)C1. The van der Waals surface area contributed by atoms with Crippen molar-refractivity contribution in [1.82, 2.24) is 24.3 Å². The Kier molecular flexibility index (Phi) is 5.07. The Morgan fingerprint density at radius 1 is 0.857 bits per heavy atom. The van der Waals surface area contributed by atoms with E-state index in [2.05, 4.69) is 56.7 Å². The maximum absolute atomic E-state index is 6.65. The highest BCUT2D eigenvalue weighted by molar-refractivity contribution is 6.33. The molecule has 2 aliphatic rings. The molecular formula is C29H26ClN5. The summed E-state index contributed by atoms with van der Waals surface area (Å²) in [5.41, 5.74) is 5.81. The lowest BCUT2D eigenvalue weighted by atomic mass is 9.79. The van der Waals surface area contributed by atoms with Gasteiger partial charge in [0.15, 0.2) is 5.15 Å². The van der Waals surface area contributed by atoms with Crippen LogP contribution in [0.2, 0.25) is 5.15 Å². The molecule has 2 fully saturated rings. The van der Waals surface area contributed by atoms with Gasteiger partial charge in [0.05, 0.1) is 16.9 Å². The van der Waals surface area contributed by atoms with Crippen molar-refractivity contribution in [2.45, 2.75) is 37.6 Å². The fourth-order valence-electron chi connectivity index (χ4n) is 5.75. The second-order valence-electron chi connectivity index (χ2n) is 9.79. The second-order valence-corrected chi connectivity index (χ2v) is 10.1. The fraction of sp³-hybridized carbons (Fsp3) is 0.276. The van der Waals surface area contributed by atoms with Crippen LogP contribution < -0.4 is 0 Å². The van der Waals surface area contributed by atoms with Gasteiger partial charge in [0.25, 0.3) is 0 Å². The van der Waals surface area contributed by atoms with Crippen LogP contribution in [0.3, 0.4) is 0 Å². The Morgan fingerprint density at radius 3 is 2.49 bits per heavy atom. The molecule has 2 aromatic carbocycles. The summed E-state index contributed by atoms with van der Waals surface area (Å²) in [5.74, 6) is 1.55. The molecule has 0 radical (unpaired) electrons. The van der Waals surface area contributed by atoms with Crippen molar-refractivity contribution in [2.75, 3.05) is 13.1 Å². The number of imidazole rings is 1. The fourth-order valence-corrected chi connectivity index (χ4v) is 5.99. The van der Waals surface area contributed by atoms with Crippen molar-refractivity contribution < 1.29 is 0 Å². The quantitative estimate of drug-likeness (QED) is 0.291. The van der Waals surface area contributed by atoms with Gasteiger partial charge in [0.2, 0.25) is 0 Å². The number of rotatable bonds is 4. The van der Waals surface area contributed by atoms with E-state index in [1.54, 1.807) is 6.20 Å². The van der Waals surface area contributed by atoms with E-state index >= 15 is 0 Å². The lowest BCUT2D eigenvalue weighted by molar-refractivity contribution is 0.132. The summed E-state index contributed by atoms with van der Waals surface area (Å²) in [6, 6.07) is 21.6. The van der Waals surface area contributed by atoms with E-state index in [1.165, 1.54) is 25.9 Å². The molecule has 4 heterocycles. The van der Waals surface area contributed by atoms with Crippen LogP contribution in [0.5, 0.6) is 0 Å². The molecule has 0 spiro atoms. The molecular weight excluding hydrogens is 454 g/mol. The molecule has 1 aliphatic heterocycles. The molecule has 1 aliphatic carbocycles. The second kappa shape index (κ2) is 8.43. The summed E-state index contributed by atoms with van der Waals surface area (Å²) in [6.45, 7) is 2.49. The summed E-state index contributed by atoms with van der Waals surface area (Å²) >= 11 is 6.65. The minimum Gasteiger partial charge on any atom is -0.300 e. The third-order valence-electron chi connectivity index (χ3n) is 7.71. The Bertz CT molecular complexity index is 1530. The predicted octanol–water partition coefficient (Wildman–Crippen LogP) is 6.61. The van der Waals surface area contributed by atoms with Crippen molar-refractivity contribution in [2.24, 2.45) is 0 Å². The number of pyridine rings is 1. The molecule has 0 unspecified atom stereocenters. The number of halogens is 1. The molecule has 3 aromatic heterocycles. The molecule has 0 amide bonds. The van der Waals surface area contributed by atoms with Crippen LogP contribution in [0.1, 0.15) is 37.4 Å². The van der Waals surface area contributed by atoms with Gasteiger partial charge in [-0.2, -0.15) is 0 Å². The Labute approximate surface area is 209 Å². The smallest absolute Gasteiger partial charge is 0.155 e. The zero-order valence-electron chi connectivity index (χ0n) is 19.4. The first kappa shape index (κ1) is 21.0. The van der Waals surface area contributed by atoms with Crippen LogP contribution in [0.25, 0.3) is 38.9 Å². The van der Waals surface area contributed by atoms with Gasteiger partial charge in [0.1, 0.15) is 11.3 Å². The predicted molar refractivity (Wildman–Crippen MR) is 141 cm³/mol. The van der Waals surface area contributed by atoms with Crippen molar-refractivity contribution in [3.8, 4) is 22.5 Å². The number of nitrogens with zero attached hydrogens (tertiary/aromatic N) is 5. The molecule has 1 saturated carbocycles. The third-order valence-corrected chi connectivity index (χ3v) is 7.98. The molecule has 174 valence electrons. The van der Waals surface area contributed by atoms with Crippen molar-refractivity contribution >= 4 is 28.0 Å². The largest absolute Gasteiger partial charge is 0.300 e. The number of benzene rings is 2. The molecule has 5 aromatic rings. The van der Waals surface area contributed by atoms with E-state index in [0.717, 1.165) is 57.6 Å². The topological polar surface area (TPSA) is 46.3 Å². The number of aromatic nitrogens is 4. The van der Waals surface area contributed by atoms with Gasteiger partial charge in [-0.15, -0.1) is 0 Å². The van der Waals surface area contributed by atoms with Crippen molar-refractivity contribution in [3.05, 3.63) is 84.0 Å². The number of hydrogen-bond donors (Lipinski definition) is 0. The zero-order valence-corrected chi connectivity index (χ0v) is 20.2. The normalized spacial score (nSPS) is 20.5. The van der Waals surface area contributed by atoms with Crippen LogP contribution in [0.15, 0.2) is 73.1 Å². The Hall–Kier alpha value is -3.28. The van der Waals surface area contributed by atoms with Crippen LogP contribution in [0.4, 0.5) is 0 Å². The van der Waals surface area contributed by atoms with E-state index in [0.29, 0.717) is 17.1 Å². The van der Waals surface area contributed by atoms with Gasteiger partial charge >= 0.3 is 0 Å². The Morgan fingerprint density at radius 2 is 1.66 bits per heavy atom. The highest BCUT2D eigenvalue weighted by atomic mass is 35.5. The molecule has 5 nitrogen and oxygen atoms in total. The molecule has 0 N–H and O–H groups in total. The molecule has 0 atom stereocenters. The summed E-state index contributed by atoms with van der Waals surface area (Å²) < 4.78 is 2.16. The number of likely N-dealkylation sites (tertiary alicyclic amines) is 1. The minimum atomic E-state index is 0.448. The monoisotopic (exact) mass is 479 g/mol. The molecule has 7 rings (SSSR count). The summed E-state index contributed by atoms with van der Waals surface area (Å²) in [7, 11) is 0. The first-order valence-electron chi connectivity index (χ1n) is 12.5. The van der Waals surface area contributed by atoms with Crippen LogP contribution in [-0.2, 0) is 0 Å². The van der Waals surface area contributed by atoms with Gasteiger partial charge < -0.3 is 4.90 Å². The summed E-state index contributed by atoms with van der Waals surface area (Å²) in [5, 5.41) is 1.59. The highest BCUT2D eigenvalue weighted by Crippen LogP contribution is 2.43. The summed E-state index contributed by atoms with van der Waals surface area (Å²) in [4.78, 5) is 17.2. The third kappa shape index (κ3) is 3.62. The highest BCUT2D eigenvalue weighted by Gasteiger charge is 2.38. The lowest BCUT2D eigenvalue weighted by Crippen LogP contribution is -2.42. The van der Waals surface area contributed by atoms with Crippen molar-refractivity contribution in [1.29, 1.82) is 0 Å². The number of hydrogen-bond acceptors (Lipinski definition) is 4. The van der Waals surface area contributed by atoms with E-state index in [-0.39, 0.29) is 0 Å². The summed E-state index contributed by atoms with van der Waals surface area (Å²) in [6.07, 6.45) is 8.77. The van der Waals surface area contributed by atoms with Gasteiger partial charge in [-0.25, -0.2) is 15.0 Å². The van der Waals surface area contributed by atoms with E-state index in [1.807, 2.05) is 24.4 Å². The zero-order chi connectivity index (χ0) is 23.4. The van der Waals surface area contributed by atoms with Crippen LogP contribution in [-0.4, -0.2) is 43.4 Å². The van der Waals surface area contributed by atoms with Gasteiger partial charge in [-0.1, -0.05) is 60.1 Å². The average molecular weight is 480 g/mol. The maximum atomic E-state index is 6.65.